The zero-order chi connectivity index (χ0) is 13.0. The zero-order valence-corrected chi connectivity index (χ0v) is 12.8. The van der Waals surface area contributed by atoms with Gasteiger partial charge >= 0.3 is 0 Å². The lowest BCUT2D eigenvalue weighted by molar-refractivity contribution is 0.188. The number of hydrogen-bond donors (Lipinski definition) is 1. The normalized spacial score (nSPS) is 38.0. The van der Waals surface area contributed by atoms with Crippen molar-refractivity contribution in [1.29, 1.82) is 0 Å². The molecular weight excluding hydrogens is 218 g/mol. The molecule has 0 aromatic rings. The van der Waals surface area contributed by atoms with Crippen LogP contribution in [0.1, 0.15) is 72.1 Å². The Morgan fingerprint density at radius 1 is 0.944 bits per heavy atom. The van der Waals surface area contributed by atoms with E-state index in [2.05, 4.69) is 26.1 Å². The fraction of sp³-hybridized carbons (Fsp3) is 1.00. The minimum absolute atomic E-state index is 0.818. The van der Waals surface area contributed by atoms with E-state index in [9.17, 15) is 0 Å². The molecule has 2 atom stereocenters. The van der Waals surface area contributed by atoms with E-state index < -0.39 is 0 Å². The largest absolute Gasteiger partial charge is 0.313 e. The molecule has 2 aliphatic rings. The Kier molecular flexibility index (Phi) is 5.54. The van der Waals surface area contributed by atoms with Gasteiger partial charge in [-0.2, -0.15) is 0 Å². The second-order valence-corrected chi connectivity index (χ2v) is 7.33. The van der Waals surface area contributed by atoms with Gasteiger partial charge in [0.25, 0.3) is 0 Å². The summed E-state index contributed by atoms with van der Waals surface area (Å²) < 4.78 is 0. The molecule has 2 fully saturated rings. The van der Waals surface area contributed by atoms with Crippen molar-refractivity contribution in [2.45, 2.75) is 78.2 Å². The molecule has 106 valence electrons. The fourth-order valence-corrected chi connectivity index (χ4v) is 4.06. The molecule has 0 spiro atoms. The minimum Gasteiger partial charge on any atom is -0.313 e. The molecule has 0 radical (unpaired) electrons. The summed E-state index contributed by atoms with van der Waals surface area (Å²) in [5.41, 5.74) is 0. The Morgan fingerprint density at radius 2 is 1.61 bits per heavy atom. The van der Waals surface area contributed by atoms with Gasteiger partial charge in [0, 0.05) is 6.04 Å². The van der Waals surface area contributed by atoms with Crippen LogP contribution >= 0.6 is 0 Å². The fourth-order valence-electron chi connectivity index (χ4n) is 4.06. The van der Waals surface area contributed by atoms with E-state index >= 15 is 0 Å². The average Bonchev–Trinajstić information content (AvgIpc) is 2.38. The van der Waals surface area contributed by atoms with Crippen molar-refractivity contribution in [3.05, 3.63) is 0 Å². The summed E-state index contributed by atoms with van der Waals surface area (Å²) in [5.74, 6) is 3.74. The highest BCUT2D eigenvalue weighted by atomic mass is 14.9. The van der Waals surface area contributed by atoms with Crippen LogP contribution in [-0.2, 0) is 0 Å². The van der Waals surface area contributed by atoms with Crippen molar-refractivity contribution in [3.63, 3.8) is 0 Å². The maximum Gasteiger partial charge on any atom is 0.00978 e. The molecule has 2 unspecified atom stereocenters. The highest BCUT2D eigenvalue weighted by molar-refractivity contribution is 4.84. The Morgan fingerprint density at radius 3 is 2.28 bits per heavy atom. The topological polar surface area (TPSA) is 12.0 Å². The monoisotopic (exact) mass is 251 g/mol. The van der Waals surface area contributed by atoms with Crippen molar-refractivity contribution in [1.82, 2.24) is 5.32 Å². The standard InChI is InChI=1S/C17H33N/c1-13(2)16-6-4-5-7-17(16)18-12-15-10-8-14(3)9-11-15/h13-18H,4-12H2,1-3H3. The van der Waals surface area contributed by atoms with Crippen molar-refractivity contribution in [3.8, 4) is 0 Å². The van der Waals surface area contributed by atoms with Crippen LogP contribution in [-0.4, -0.2) is 12.6 Å². The summed E-state index contributed by atoms with van der Waals surface area (Å²) in [6, 6.07) is 0.818. The van der Waals surface area contributed by atoms with Crippen molar-refractivity contribution >= 4 is 0 Å². The van der Waals surface area contributed by atoms with Gasteiger partial charge in [-0.05, 0) is 55.9 Å². The maximum absolute atomic E-state index is 3.94. The van der Waals surface area contributed by atoms with Crippen LogP contribution in [0.2, 0.25) is 0 Å². The molecule has 0 heterocycles. The Bertz CT molecular complexity index is 228. The summed E-state index contributed by atoms with van der Waals surface area (Å²) in [5, 5.41) is 3.94. The van der Waals surface area contributed by atoms with Gasteiger partial charge in [0.15, 0.2) is 0 Å². The molecule has 0 saturated heterocycles. The molecule has 0 amide bonds. The summed E-state index contributed by atoms with van der Waals surface area (Å²) in [4.78, 5) is 0. The smallest absolute Gasteiger partial charge is 0.00978 e. The molecule has 18 heavy (non-hydrogen) atoms. The molecule has 1 heteroatoms. The highest BCUT2D eigenvalue weighted by Crippen LogP contribution is 2.32. The summed E-state index contributed by atoms with van der Waals surface area (Å²) >= 11 is 0. The van der Waals surface area contributed by atoms with Crippen LogP contribution in [0.3, 0.4) is 0 Å². The van der Waals surface area contributed by atoms with E-state index in [0.717, 1.165) is 29.7 Å². The Balaban J connectivity index is 1.74. The first-order chi connectivity index (χ1) is 8.66. The first kappa shape index (κ1) is 14.4. The average molecular weight is 251 g/mol. The van der Waals surface area contributed by atoms with Crippen molar-refractivity contribution in [2.24, 2.45) is 23.7 Å². The van der Waals surface area contributed by atoms with Crippen molar-refractivity contribution in [2.75, 3.05) is 6.54 Å². The summed E-state index contributed by atoms with van der Waals surface area (Å²) in [6.45, 7) is 8.53. The molecule has 2 rings (SSSR count). The second-order valence-electron chi connectivity index (χ2n) is 7.33. The molecule has 0 aromatic carbocycles. The number of nitrogens with one attached hydrogen (secondary N) is 1. The lowest BCUT2D eigenvalue weighted by Gasteiger charge is -2.36. The van der Waals surface area contributed by atoms with Crippen molar-refractivity contribution < 1.29 is 0 Å². The van der Waals surface area contributed by atoms with E-state index in [-0.39, 0.29) is 0 Å². The molecule has 2 aliphatic carbocycles. The van der Waals surface area contributed by atoms with Crippen LogP contribution in [0.5, 0.6) is 0 Å². The van der Waals surface area contributed by atoms with Gasteiger partial charge in [0.1, 0.15) is 0 Å². The first-order valence-electron chi connectivity index (χ1n) is 8.40. The lowest BCUT2D eigenvalue weighted by atomic mass is 9.77. The number of rotatable bonds is 4. The van der Waals surface area contributed by atoms with E-state index in [0.29, 0.717) is 0 Å². The first-order valence-corrected chi connectivity index (χ1v) is 8.40. The Labute approximate surface area is 114 Å². The highest BCUT2D eigenvalue weighted by Gasteiger charge is 2.28. The van der Waals surface area contributed by atoms with Gasteiger partial charge in [-0.1, -0.05) is 46.5 Å². The van der Waals surface area contributed by atoms with Gasteiger partial charge in [0.05, 0.1) is 0 Å². The van der Waals surface area contributed by atoms with Crippen LogP contribution in [0.4, 0.5) is 0 Å². The van der Waals surface area contributed by atoms with Gasteiger partial charge in [-0.25, -0.2) is 0 Å². The summed E-state index contributed by atoms with van der Waals surface area (Å²) in [7, 11) is 0. The van der Waals surface area contributed by atoms with Crippen LogP contribution in [0.15, 0.2) is 0 Å². The van der Waals surface area contributed by atoms with E-state index in [1.165, 1.54) is 57.9 Å². The second kappa shape index (κ2) is 6.93. The molecule has 1 nitrogen and oxygen atoms in total. The molecular formula is C17H33N. The third-order valence-corrected chi connectivity index (χ3v) is 5.48. The third-order valence-electron chi connectivity index (χ3n) is 5.48. The SMILES string of the molecule is CC1CCC(CNC2CCCCC2C(C)C)CC1. The van der Waals surface area contributed by atoms with Gasteiger partial charge < -0.3 is 5.32 Å². The molecule has 0 aliphatic heterocycles. The Hall–Kier alpha value is -0.0400. The minimum atomic E-state index is 0.818. The van der Waals surface area contributed by atoms with E-state index in [4.69, 9.17) is 0 Å². The molecule has 0 aromatic heterocycles. The third kappa shape index (κ3) is 3.98. The lowest BCUT2D eigenvalue weighted by Crippen LogP contribution is -2.43. The van der Waals surface area contributed by atoms with Gasteiger partial charge in [-0.15, -0.1) is 0 Å². The van der Waals surface area contributed by atoms with Crippen LogP contribution in [0, 0.1) is 23.7 Å². The molecule has 0 bridgehead atoms. The number of hydrogen-bond acceptors (Lipinski definition) is 1. The van der Waals surface area contributed by atoms with Crippen LogP contribution < -0.4 is 5.32 Å². The predicted molar refractivity (Wildman–Crippen MR) is 79.7 cm³/mol. The van der Waals surface area contributed by atoms with E-state index in [1.807, 2.05) is 0 Å². The maximum atomic E-state index is 3.94. The van der Waals surface area contributed by atoms with Gasteiger partial charge in [-0.3, -0.25) is 0 Å². The molecule has 1 N–H and O–H groups in total. The van der Waals surface area contributed by atoms with E-state index in [1.54, 1.807) is 0 Å². The predicted octanol–water partition coefficient (Wildman–Crippen LogP) is 4.62. The quantitative estimate of drug-likeness (QED) is 0.769. The molecule has 2 saturated carbocycles. The van der Waals surface area contributed by atoms with Crippen LogP contribution in [0.25, 0.3) is 0 Å². The summed E-state index contributed by atoms with van der Waals surface area (Å²) in [6.07, 6.45) is 11.6. The van der Waals surface area contributed by atoms with Gasteiger partial charge in [0.2, 0.25) is 0 Å². The zero-order valence-electron chi connectivity index (χ0n) is 12.8.